The van der Waals surface area contributed by atoms with E-state index >= 15 is 0 Å². The molecule has 6 heteroatoms. The molecule has 0 bridgehead atoms. The van der Waals surface area contributed by atoms with E-state index in [0.29, 0.717) is 0 Å². The van der Waals surface area contributed by atoms with Gasteiger partial charge in [-0.15, -0.1) is 24.8 Å². The Morgan fingerprint density at radius 2 is 1.50 bits per heavy atom. The van der Waals surface area contributed by atoms with Crippen molar-refractivity contribution in [1.29, 1.82) is 0 Å². The number of primary amides is 1. The molecule has 0 aromatic rings. The van der Waals surface area contributed by atoms with Crippen molar-refractivity contribution in [3.63, 3.8) is 0 Å². The fourth-order valence-electron chi connectivity index (χ4n) is 0. The Bertz CT molecular complexity index is 66.3. The fraction of sp³-hybridized carbons (Fsp3) is 0.500. The summed E-state index contributed by atoms with van der Waals surface area (Å²) in [7, 11) is 0. The highest BCUT2D eigenvalue weighted by molar-refractivity contribution is 5.85. The van der Waals surface area contributed by atoms with Crippen LogP contribution in [0.2, 0.25) is 0 Å². The summed E-state index contributed by atoms with van der Waals surface area (Å²) < 4.78 is 0. The van der Waals surface area contributed by atoms with Crippen LogP contribution < -0.4 is 5.73 Å². The van der Waals surface area contributed by atoms with Gasteiger partial charge in [0.15, 0.2) is 0 Å². The van der Waals surface area contributed by atoms with E-state index in [2.05, 4.69) is 5.73 Å². The molecular weight excluding hydrogens is 157 g/mol. The zero-order chi connectivity index (χ0) is 5.15. The van der Waals surface area contributed by atoms with Gasteiger partial charge in [0.05, 0.1) is 0 Å². The number of aliphatic hydroxyl groups is 2. The summed E-state index contributed by atoms with van der Waals surface area (Å²) in [5.74, 6) is -1.13. The minimum atomic E-state index is -2.01. The summed E-state index contributed by atoms with van der Waals surface area (Å²) >= 11 is 0. The summed E-state index contributed by atoms with van der Waals surface area (Å²) in [6.45, 7) is 0. The van der Waals surface area contributed by atoms with Gasteiger partial charge in [-0.25, -0.2) is 0 Å². The second kappa shape index (κ2) is 6.97. The first-order valence-electron chi connectivity index (χ1n) is 1.30. The molecule has 8 heavy (non-hydrogen) atoms. The van der Waals surface area contributed by atoms with Crippen molar-refractivity contribution in [2.45, 2.75) is 6.29 Å². The third kappa shape index (κ3) is 9.36. The number of hydrogen-bond acceptors (Lipinski definition) is 3. The lowest BCUT2D eigenvalue weighted by Gasteiger charge is -1.90. The average molecular weight is 164 g/mol. The number of hydrogen-bond donors (Lipinski definition) is 3. The molecule has 0 unspecified atom stereocenters. The minimum absolute atomic E-state index is 0. The fourth-order valence-corrected chi connectivity index (χ4v) is 0. The van der Waals surface area contributed by atoms with E-state index in [0.717, 1.165) is 0 Å². The van der Waals surface area contributed by atoms with Crippen LogP contribution in [0.1, 0.15) is 0 Å². The van der Waals surface area contributed by atoms with E-state index in [-0.39, 0.29) is 24.8 Å². The Hall–Kier alpha value is -0.0300. The number of nitrogens with two attached hydrogens (primary N) is 1. The quantitative estimate of drug-likeness (QED) is 0.418. The van der Waals surface area contributed by atoms with E-state index in [4.69, 9.17) is 10.2 Å². The first-order chi connectivity index (χ1) is 2.64. The maximum absolute atomic E-state index is 9.42. The summed E-state index contributed by atoms with van der Waals surface area (Å²) in [4.78, 5) is 9.42. The van der Waals surface area contributed by atoms with Gasteiger partial charge in [0.2, 0.25) is 6.29 Å². The molecule has 52 valence electrons. The Morgan fingerprint density at radius 1 is 1.38 bits per heavy atom. The van der Waals surface area contributed by atoms with Gasteiger partial charge in [-0.1, -0.05) is 0 Å². The molecular formula is C2H7Cl2NO3. The van der Waals surface area contributed by atoms with Gasteiger partial charge < -0.3 is 15.9 Å². The molecule has 0 radical (unpaired) electrons. The molecule has 0 saturated heterocycles. The lowest BCUT2D eigenvalue weighted by Crippen LogP contribution is -2.27. The number of carbonyl (C=O) groups excluding carboxylic acids is 1. The second-order valence-corrected chi connectivity index (χ2v) is 0.776. The predicted octanol–water partition coefficient (Wildman–Crippen LogP) is -1.37. The molecule has 0 aliphatic rings. The van der Waals surface area contributed by atoms with Gasteiger partial charge in [0, 0.05) is 0 Å². The standard InChI is InChI=1S/C2H5NO3.2ClH/c3-1(4)2(5)6;;/h2,5-6H,(H2,3,4);2*1H. The molecule has 0 spiro atoms. The van der Waals surface area contributed by atoms with Crippen LogP contribution in [0.25, 0.3) is 0 Å². The second-order valence-electron chi connectivity index (χ2n) is 0.776. The molecule has 0 aromatic heterocycles. The van der Waals surface area contributed by atoms with Gasteiger partial charge >= 0.3 is 0 Å². The highest BCUT2D eigenvalue weighted by atomic mass is 35.5. The number of rotatable bonds is 1. The topological polar surface area (TPSA) is 83.6 Å². The zero-order valence-electron chi connectivity index (χ0n) is 3.77. The Kier molecular flexibility index (Phi) is 13.7. The van der Waals surface area contributed by atoms with Gasteiger partial charge in [0.1, 0.15) is 0 Å². The van der Waals surface area contributed by atoms with Crippen LogP contribution in [0, 0.1) is 0 Å². The number of halogens is 2. The molecule has 0 aliphatic heterocycles. The molecule has 0 atom stereocenters. The molecule has 0 saturated carbocycles. The Morgan fingerprint density at radius 3 is 1.50 bits per heavy atom. The summed E-state index contributed by atoms with van der Waals surface area (Å²) in [5, 5.41) is 15.4. The van der Waals surface area contributed by atoms with Gasteiger partial charge in [0.25, 0.3) is 5.91 Å². The van der Waals surface area contributed by atoms with Crippen molar-refractivity contribution >= 4 is 30.7 Å². The van der Waals surface area contributed by atoms with Gasteiger partial charge in [-0.2, -0.15) is 0 Å². The van der Waals surface area contributed by atoms with E-state index in [9.17, 15) is 4.79 Å². The number of carbonyl (C=O) groups is 1. The van der Waals surface area contributed by atoms with Crippen LogP contribution in [-0.4, -0.2) is 22.4 Å². The lowest BCUT2D eigenvalue weighted by atomic mass is 10.6. The minimum Gasteiger partial charge on any atom is -0.365 e. The van der Waals surface area contributed by atoms with E-state index in [1.165, 1.54) is 0 Å². The first-order valence-corrected chi connectivity index (χ1v) is 1.30. The summed E-state index contributed by atoms with van der Waals surface area (Å²) in [6, 6.07) is 0. The molecule has 0 aliphatic carbocycles. The number of aliphatic hydroxyl groups excluding tert-OH is 1. The molecule has 4 nitrogen and oxygen atoms in total. The third-order valence-corrected chi connectivity index (χ3v) is 0.254. The first kappa shape index (κ1) is 15.7. The molecule has 0 fully saturated rings. The van der Waals surface area contributed by atoms with Crippen LogP contribution in [0.3, 0.4) is 0 Å². The van der Waals surface area contributed by atoms with Crippen LogP contribution in [0.15, 0.2) is 0 Å². The molecule has 0 aromatic carbocycles. The van der Waals surface area contributed by atoms with Crippen molar-refractivity contribution in [3.8, 4) is 0 Å². The van der Waals surface area contributed by atoms with Crippen LogP contribution in [-0.2, 0) is 4.79 Å². The predicted molar refractivity (Wildman–Crippen MR) is 31.9 cm³/mol. The SMILES string of the molecule is Cl.Cl.NC(=O)C(O)O. The maximum Gasteiger partial charge on any atom is 0.274 e. The molecule has 1 amide bonds. The highest BCUT2D eigenvalue weighted by Gasteiger charge is 2.00. The monoisotopic (exact) mass is 163 g/mol. The largest absolute Gasteiger partial charge is 0.365 e. The summed E-state index contributed by atoms with van der Waals surface area (Å²) in [6.07, 6.45) is -2.01. The smallest absolute Gasteiger partial charge is 0.274 e. The van der Waals surface area contributed by atoms with Crippen LogP contribution in [0.4, 0.5) is 0 Å². The molecule has 0 rings (SSSR count). The Balaban J connectivity index is -0.000000125. The maximum atomic E-state index is 9.42. The van der Waals surface area contributed by atoms with Crippen molar-refractivity contribution in [2.24, 2.45) is 5.73 Å². The van der Waals surface area contributed by atoms with Crippen molar-refractivity contribution < 1.29 is 15.0 Å². The lowest BCUT2D eigenvalue weighted by molar-refractivity contribution is -0.143. The zero-order valence-corrected chi connectivity index (χ0v) is 5.41. The van der Waals surface area contributed by atoms with Crippen LogP contribution >= 0.6 is 24.8 Å². The van der Waals surface area contributed by atoms with Crippen molar-refractivity contribution in [1.82, 2.24) is 0 Å². The van der Waals surface area contributed by atoms with Crippen molar-refractivity contribution in [2.75, 3.05) is 0 Å². The summed E-state index contributed by atoms with van der Waals surface area (Å²) in [5.41, 5.74) is 4.30. The molecule has 4 N–H and O–H groups in total. The normalized spacial score (nSPS) is 6.88. The average Bonchev–Trinajstić information content (AvgIpc) is 1.36. The molecule has 0 heterocycles. The number of amides is 1. The highest BCUT2D eigenvalue weighted by Crippen LogP contribution is 1.63. The van der Waals surface area contributed by atoms with Crippen LogP contribution in [0.5, 0.6) is 0 Å². The van der Waals surface area contributed by atoms with E-state index < -0.39 is 12.2 Å². The van der Waals surface area contributed by atoms with Crippen molar-refractivity contribution in [3.05, 3.63) is 0 Å². The van der Waals surface area contributed by atoms with Gasteiger partial charge in [-0.05, 0) is 0 Å². The Labute approximate surface area is 58.5 Å². The third-order valence-electron chi connectivity index (χ3n) is 0.254. The van der Waals surface area contributed by atoms with E-state index in [1.54, 1.807) is 0 Å². The van der Waals surface area contributed by atoms with Gasteiger partial charge in [-0.3, -0.25) is 4.79 Å². The van der Waals surface area contributed by atoms with E-state index in [1.807, 2.05) is 0 Å².